The second kappa shape index (κ2) is 8.16. The van der Waals surface area contributed by atoms with Crippen molar-refractivity contribution in [2.75, 3.05) is 13.2 Å². The minimum atomic E-state index is -0.271. The van der Waals surface area contributed by atoms with E-state index in [-0.39, 0.29) is 5.91 Å². The molecule has 0 fully saturated rings. The Kier molecular flexibility index (Phi) is 5.91. The maximum absolute atomic E-state index is 12.6. The minimum Gasteiger partial charge on any atom is -0.380 e. The molecule has 0 aliphatic carbocycles. The number of thiazole rings is 1. The normalized spacial score (nSPS) is 12.1. The van der Waals surface area contributed by atoms with Gasteiger partial charge < -0.3 is 9.30 Å². The summed E-state index contributed by atoms with van der Waals surface area (Å²) in [6, 6.07) is 11.1. The van der Waals surface area contributed by atoms with Gasteiger partial charge in [-0.1, -0.05) is 29.0 Å². The van der Waals surface area contributed by atoms with Gasteiger partial charge in [-0.2, -0.15) is 4.99 Å². The van der Waals surface area contributed by atoms with E-state index in [1.165, 1.54) is 22.5 Å². The summed E-state index contributed by atoms with van der Waals surface area (Å²) in [7, 11) is 0. The third kappa shape index (κ3) is 4.06. The van der Waals surface area contributed by atoms with Crippen LogP contribution in [-0.4, -0.2) is 23.7 Å². The number of hydrogen-bond acceptors (Lipinski definition) is 3. The molecule has 0 bridgehead atoms. The van der Waals surface area contributed by atoms with Crippen LogP contribution in [0.4, 0.5) is 0 Å². The van der Waals surface area contributed by atoms with Crippen LogP contribution in [-0.2, 0) is 11.3 Å². The van der Waals surface area contributed by atoms with Crippen LogP contribution in [0.3, 0.4) is 0 Å². The van der Waals surface area contributed by atoms with Crippen molar-refractivity contribution in [2.24, 2.45) is 4.99 Å². The lowest BCUT2D eigenvalue weighted by Gasteiger charge is -2.08. The van der Waals surface area contributed by atoms with Crippen LogP contribution in [0.15, 0.2) is 41.4 Å². The Labute approximate surface area is 161 Å². The number of carbonyl (C=O) groups is 1. The molecular weight excluding hydrogens is 368 g/mol. The molecule has 0 aliphatic heterocycles. The van der Waals surface area contributed by atoms with Gasteiger partial charge in [0.05, 0.1) is 16.8 Å². The molecule has 1 heterocycles. The van der Waals surface area contributed by atoms with E-state index in [9.17, 15) is 4.79 Å². The van der Waals surface area contributed by atoms with Gasteiger partial charge in [-0.15, -0.1) is 0 Å². The second-order valence-corrected chi connectivity index (χ2v) is 7.53. The third-order valence-corrected chi connectivity index (χ3v) is 5.34. The van der Waals surface area contributed by atoms with Crippen molar-refractivity contribution in [3.05, 3.63) is 62.9 Å². The quantitative estimate of drug-likeness (QED) is 0.592. The van der Waals surface area contributed by atoms with Crippen LogP contribution in [0.1, 0.15) is 28.4 Å². The predicted octanol–water partition coefficient (Wildman–Crippen LogP) is 4.75. The highest BCUT2D eigenvalue weighted by atomic mass is 35.5. The summed E-state index contributed by atoms with van der Waals surface area (Å²) >= 11 is 7.43. The number of aryl methyl sites for hydroxylation is 2. The molecule has 0 saturated carbocycles. The molecule has 0 N–H and O–H groups in total. The number of halogens is 1. The third-order valence-electron chi connectivity index (χ3n) is 4.06. The Hall–Kier alpha value is -1.95. The van der Waals surface area contributed by atoms with Gasteiger partial charge in [0.15, 0.2) is 4.80 Å². The molecule has 2 aromatic carbocycles. The van der Waals surface area contributed by atoms with Crippen molar-refractivity contribution < 1.29 is 9.53 Å². The largest absolute Gasteiger partial charge is 0.380 e. The fourth-order valence-corrected chi connectivity index (χ4v) is 4.29. The van der Waals surface area contributed by atoms with Gasteiger partial charge in [-0.3, -0.25) is 4.79 Å². The van der Waals surface area contributed by atoms with Crippen molar-refractivity contribution in [3.8, 4) is 0 Å². The van der Waals surface area contributed by atoms with E-state index in [2.05, 4.69) is 35.5 Å². The molecule has 3 aromatic rings. The summed E-state index contributed by atoms with van der Waals surface area (Å²) < 4.78 is 8.73. The molecule has 0 spiro atoms. The number of nitrogens with zero attached hydrogens (tertiary/aromatic N) is 2. The first-order valence-electron chi connectivity index (χ1n) is 8.52. The highest BCUT2D eigenvalue weighted by molar-refractivity contribution is 7.16. The Morgan fingerprint density at radius 2 is 1.96 bits per heavy atom. The standard InChI is InChI=1S/C20H21ClN2O2S/c1-4-25-10-9-23-18-14(3)11-13(2)12-17(18)26-20(23)22-19(24)15-5-7-16(21)8-6-15/h5-8,11-12H,4,9-10H2,1-3H3. The average Bonchev–Trinajstić information content (AvgIpc) is 2.93. The highest BCUT2D eigenvalue weighted by Gasteiger charge is 2.12. The first-order chi connectivity index (χ1) is 12.5. The molecule has 0 aliphatic rings. The summed E-state index contributed by atoms with van der Waals surface area (Å²) in [5.74, 6) is -0.271. The van der Waals surface area contributed by atoms with E-state index in [0.717, 1.165) is 10.2 Å². The van der Waals surface area contributed by atoms with Crippen LogP contribution in [0, 0.1) is 13.8 Å². The van der Waals surface area contributed by atoms with Crippen LogP contribution in [0.5, 0.6) is 0 Å². The van der Waals surface area contributed by atoms with E-state index < -0.39 is 0 Å². The SMILES string of the molecule is CCOCCn1c(=NC(=O)c2ccc(Cl)cc2)sc2cc(C)cc(C)c21. The average molecular weight is 389 g/mol. The maximum Gasteiger partial charge on any atom is 0.279 e. The zero-order valence-electron chi connectivity index (χ0n) is 15.1. The number of carbonyl (C=O) groups excluding carboxylic acids is 1. The summed E-state index contributed by atoms with van der Waals surface area (Å²) in [6.07, 6.45) is 0. The number of benzene rings is 2. The zero-order chi connectivity index (χ0) is 18.7. The fraction of sp³-hybridized carbons (Fsp3) is 0.300. The lowest BCUT2D eigenvalue weighted by molar-refractivity contribution is 0.0996. The van der Waals surface area contributed by atoms with Crippen molar-refractivity contribution in [1.82, 2.24) is 4.57 Å². The summed E-state index contributed by atoms with van der Waals surface area (Å²) in [4.78, 5) is 17.7. The van der Waals surface area contributed by atoms with Gasteiger partial charge in [-0.25, -0.2) is 0 Å². The molecule has 4 nitrogen and oxygen atoms in total. The Balaban J connectivity index is 2.10. The highest BCUT2D eigenvalue weighted by Crippen LogP contribution is 2.23. The number of ether oxygens (including phenoxy) is 1. The van der Waals surface area contributed by atoms with Gasteiger partial charge >= 0.3 is 0 Å². The maximum atomic E-state index is 12.6. The van der Waals surface area contributed by atoms with Crippen LogP contribution in [0.2, 0.25) is 5.02 Å². The van der Waals surface area contributed by atoms with E-state index >= 15 is 0 Å². The first-order valence-corrected chi connectivity index (χ1v) is 9.72. The first kappa shape index (κ1) is 18.8. The zero-order valence-corrected chi connectivity index (χ0v) is 16.7. The molecule has 136 valence electrons. The van der Waals surface area contributed by atoms with Gasteiger partial charge in [0.2, 0.25) is 0 Å². The van der Waals surface area contributed by atoms with Gasteiger partial charge in [0, 0.05) is 23.7 Å². The van der Waals surface area contributed by atoms with E-state index in [1.54, 1.807) is 24.3 Å². The van der Waals surface area contributed by atoms with Gasteiger partial charge in [0.1, 0.15) is 0 Å². The Morgan fingerprint density at radius 1 is 1.23 bits per heavy atom. The predicted molar refractivity (Wildman–Crippen MR) is 107 cm³/mol. The lowest BCUT2D eigenvalue weighted by Crippen LogP contribution is -2.20. The van der Waals surface area contributed by atoms with Crippen molar-refractivity contribution >= 4 is 39.1 Å². The summed E-state index contributed by atoms with van der Waals surface area (Å²) in [5, 5.41) is 0.598. The van der Waals surface area contributed by atoms with E-state index in [1.807, 2.05) is 6.92 Å². The molecular formula is C20H21ClN2O2S. The molecule has 1 amide bonds. The van der Waals surface area contributed by atoms with Crippen molar-refractivity contribution in [2.45, 2.75) is 27.3 Å². The molecule has 0 radical (unpaired) electrons. The Bertz CT molecular complexity index is 1000. The van der Waals surface area contributed by atoms with Crippen LogP contribution < -0.4 is 4.80 Å². The summed E-state index contributed by atoms with van der Waals surface area (Å²) in [6.45, 7) is 8.04. The molecule has 0 atom stereocenters. The number of fused-ring (bicyclic) bond motifs is 1. The number of rotatable bonds is 5. The second-order valence-electron chi connectivity index (χ2n) is 6.09. The molecule has 0 unspecified atom stereocenters. The van der Waals surface area contributed by atoms with E-state index in [4.69, 9.17) is 16.3 Å². The van der Waals surface area contributed by atoms with Crippen molar-refractivity contribution in [3.63, 3.8) is 0 Å². The molecule has 3 rings (SSSR count). The summed E-state index contributed by atoms with van der Waals surface area (Å²) in [5.41, 5.74) is 4.01. The molecule has 0 saturated heterocycles. The fourth-order valence-electron chi connectivity index (χ4n) is 2.93. The minimum absolute atomic E-state index is 0.271. The molecule has 1 aromatic heterocycles. The van der Waals surface area contributed by atoms with Crippen LogP contribution >= 0.6 is 22.9 Å². The van der Waals surface area contributed by atoms with Gasteiger partial charge in [0.25, 0.3) is 5.91 Å². The van der Waals surface area contributed by atoms with Gasteiger partial charge in [-0.05, 0) is 62.2 Å². The molecule has 6 heteroatoms. The smallest absolute Gasteiger partial charge is 0.279 e. The van der Waals surface area contributed by atoms with E-state index in [0.29, 0.717) is 35.1 Å². The van der Waals surface area contributed by atoms with Crippen LogP contribution in [0.25, 0.3) is 10.2 Å². The topological polar surface area (TPSA) is 43.6 Å². The van der Waals surface area contributed by atoms with Crippen molar-refractivity contribution in [1.29, 1.82) is 0 Å². The number of amides is 1. The molecule has 26 heavy (non-hydrogen) atoms. The lowest BCUT2D eigenvalue weighted by atomic mass is 10.1. The monoisotopic (exact) mass is 388 g/mol. The Morgan fingerprint density at radius 3 is 2.65 bits per heavy atom. The number of aromatic nitrogens is 1. The number of hydrogen-bond donors (Lipinski definition) is 0.